The number of pyridine rings is 1. The molecular weight excluding hydrogens is 426 g/mol. The molecule has 1 amide bonds. The Morgan fingerprint density at radius 1 is 1.03 bits per heavy atom. The lowest BCUT2D eigenvalue weighted by atomic mass is 10.0. The summed E-state index contributed by atoms with van der Waals surface area (Å²) < 4.78 is 11.5. The topological polar surface area (TPSA) is 64.0 Å². The van der Waals surface area contributed by atoms with E-state index in [0.717, 1.165) is 28.8 Å². The zero-order chi connectivity index (χ0) is 24.0. The zero-order valence-corrected chi connectivity index (χ0v) is 20.0. The van der Waals surface area contributed by atoms with Gasteiger partial charge in [0, 0.05) is 30.5 Å². The van der Waals surface area contributed by atoms with E-state index < -0.39 is 5.60 Å². The monoisotopic (exact) mass is 457 g/mol. The summed E-state index contributed by atoms with van der Waals surface area (Å²) in [4.78, 5) is 24.2. The van der Waals surface area contributed by atoms with Crippen LogP contribution in [0, 0.1) is 0 Å². The minimum Gasteiger partial charge on any atom is -0.444 e. The summed E-state index contributed by atoms with van der Waals surface area (Å²) in [6.07, 6.45) is 3.93. The number of carbonyl (C=O) groups excluding carboxylic acids is 1. The van der Waals surface area contributed by atoms with Crippen LogP contribution < -0.4 is 0 Å². The first kappa shape index (κ1) is 23.6. The van der Waals surface area contributed by atoms with Crippen molar-refractivity contribution in [2.24, 2.45) is 4.99 Å². The van der Waals surface area contributed by atoms with E-state index in [1.807, 2.05) is 87.5 Å². The number of carbonyl (C=O) groups is 1. The van der Waals surface area contributed by atoms with E-state index >= 15 is 0 Å². The van der Waals surface area contributed by atoms with Crippen molar-refractivity contribution in [3.63, 3.8) is 0 Å². The molecule has 0 spiro atoms. The van der Waals surface area contributed by atoms with Gasteiger partial charge in [-0.3, -0.25) is 9.88 Å². The third kappa shape index (κ3) is 6.08. The van der Waals surface area contributed by atoms with Crippen LogP contribution in [0.2, 0.25) is 0 Å². The molecular formula is C28H31N3O3. The lowest BCUT2D eigenvalue weighted by Crippen LogP contribution is -2.40. The molecule has 0 saturated carbocycles. The fourth-order valence-electron chi connectivity index (χ4n) is 3.90. The van der Waals surface area contributed by atoms with E-state index in [1.165, 1.54) is 0 Å². The van der Waals surface area contributed by atoms with Crippen molar-refractivity contribution in [1.82, 2.24) is 9.88 Å². The van der Waals surface area contributed by atoms with Crippen LogP contribution in [0.3, 0.4) is 0 Å². The summed E-state index contributed by atoms with van der Waals surface area (Å²) >= 11 is 0. The molecule has 1 unspecified atom stereocenters. The molecule has 0 N–H and O–H groups in total. The van der Waals surface area contributed by atoms with Gasteiger partial charge in [-0.1, -0.05) is 60.7 Å². The van der Waals surface area contributed by atoms with Gasteiger partial charge in [-0.05, 0) is 38.8 Å². The maximum Gasteiger partial charge on any atom is 0.410 e. The maximum atomic E-state index is 13.0. The SMILES string of the molecule is CC(C)(C)OC(=O)N1CCCOCC1c1cncc(N=C(c2ccccc2)c2ccccc2)c1. The van der Waals surface area contributed by atoms with Crippen molar-refractivity contribution < 1.29 is 14.3 Å². The first-order valence-corrected chi connectivity index (χ1v) is 11.6. The lowest BCUT2D eigenvalue weighted by Gasteiger charge is -2.31. The first-order valence-electron chi connectivity index (χ1n) is 11.6. The fraction of sp³-hybridized carbons (Fsp3) is 0.321. The van der Waals surface area contributed by atoms with Gasteiger partial charge in [-0.25, -0.2) is 9.79 Å². The van der Waals surface area contributed by atoms with Gasteiger partial charge in [0.2, 0.25) is 0 Å². The number of amides is 1. The standard InChI is InChI=1S/C28H31N3O3/c1-28(2,3)34-27(32)31-15-10-16-33-20-25(31)23-17-24(19-29-18-23)30-26(21-11-6-4-7-12-21)22-13-8-5-9-14-22/h4-9,11-14,17-19,25H,10,15-16,20H2,1-3H3. The van der Waals surface area contributed by atoms with Gasteiger partial charge in [0.05, 0.1) is 30.2 Å². The molecule has 6 nitrogen and oxygen atoms in total. The van der Waals surface area contributed by atoms with E-state index in [9.17, 15) is 4.79 Å². The van der Waals surface area contributed by atoms with Crippen LogP contribution in [-0.4, -0.2) is 47.0 Å². The van der Waals surface area contributed by atoms with Gasteiger partial charge in [0.1, 0.15) is 5.60 Å². The molecule has 0 radical (unpaired) electrons. The highest BCUT2D eigenvalue weighted by molar-refractivity contribution is 6.13. The van der Waals surface area contributed by atoms with Crippen LogP contribution in [0.25, 0.3) is 0 Å². The third-order valence-electron chi connectivity index (χ3n) is 5.43. The van der Waals surface area contributed by atoms with Gasteiger partial charge in [-0.15, -0.1) is 0 Å². The summed E-state index contributed by atoms with van der Waals surface area (Å²) in [6, 6.07) is 21.9. The Labute approximate surface area is 201 Å². The highest BCUT2D eigenvalue weighted by atomic mass is 16.6. The van der Waals surface area contributed by atoms with E-state index in [4.69, 9.17) is 14.5 Å². The van der Waals surface area contributed by atoms with Gasteiger partial charge < -0.3 is 9.47 Å². The number of ether oxygens (including phenoxy) is 2. The summed E-state index contributed by atoms with van der Waals surface area (Å²) in [5.41, 5.74) is 3.92. The number of nitrogens with zero attached hydrogens (tertiary/aromatic N) is 3. The molecule has 1 atom stereocenters. The summed E-state index contributed by atoms with van der Waals surface area (Å²) in [5.74, 6) is 0. The molecule has 0 bridgehead atoms. The summed E-state index contributed by atoms with van der Waals surface area (Å²) in [6.45, 7) is 7.18. The fourth-order valence-corrected chi connectivity index (χ4v) is 3.90. The lowest BCUT2D eigenvalue weighted by molar-refractivity contribution is 0.0118. The van der Waals surface area contributed by atoms with Gasteiger partial charge >= 0.3 is 6.09 Å². The molecule has 6 heteroatoms. The maximum absolute atomic E-state index is 13.0. The minimum absolute atomic E-state index is 0.295. The second-order valence-corrected chi connectivity index (χ2v) is 9.29. The van der Waals surface area contributed by atoms with Crippen molar-refractivity contribution in [2.45, 2.75) is 38.8 Å². The Kier molecular flexibility index (Phi) is 7.38. The number of rotatable bonds is 4. The molecule has 3 aromatic rings. The molecule has 2 heterocycles. The Morgan fingerprint density at radius 2 is 1.68 bits per heavy atom. The highest BCUT2D eigenvalue weighted by Crippen LogP contribution is 2.28. The smallest absolute Gasteiger partial charge is 0.410 e. The zero-order valence-electron chi connectivity index (χ0n) is 20.0. The first-order chi connectivity index (χ1) is 16.4. The minimum atomic E-state index is -0.570. The number of hydrogen-bond donors (Lipinski definition) is 0. The van der Waals surface area contributed by atoms with Crippen molar-refractivity contribution in [1.29, 1.82) is 0 Å². The van der Waals surface area contributed by atoms with Crippen molar-refractivity contribution in [3.05, 3.63) is 95.8 Å². The summed E-state index contributed by atoms with van der Waals surface area (Å²) in [7, 11) is 0. The number of hydrogen-bond acceptors (Lipinski definition) is 5. The predicted molar refractivity (Wildman–Crippen MR) is 134 cm³/mol. The average Bonchev–Trinajstić information content (AvgIpc) is 3.09. The van der Waals surface area contributed by atoms with E-state index in [0.29, 0.717) is 25.4 Å². The van der Waals surface area contributed by atoms with Gasteiger partial charge in [0.25, 0.3) is 0 Å². The Morgan fingerprint density at radius 3 is 2.29 bits per heavy atom. The Hall–Kier alpha value is -3.51. The van der Waals surface area contributed by atoms with Gasteiger partial charge in [0.15, 0.2) is 0 Å². The van der Waals surface area contributed by atoms with Crippen LogP contribution in [0.15, 0.2) is 84.1 Å². The van der Waals surface area contributed by atoms with E-state index in [2.05, 4.69) is 4.98 Å². The molecule has 1 saturated heterocycles. The van der Waals surface area contributed by atoms with E-state index in [-0.39, 0.29) is 12.1 Å². The largest absolute Gasteiger partial charge is 0.444 e. The summed E-state index contributed by atoms with van der Waals surface area (Å²) in [5, 5.41) is 0. The number of aromatic nitrogens is 1. The van der Waals surface area contributed by atoms with Gasteiger partial charge in [-0.2, -0.15) is 0 Å². The quantitative estimate of drug-likeness (QED) is 0.454. The van der Waals surface area contributed by atoms with Crippen LogP contribution >= 0.6 is 0 Å². The molecule has 34 heavy (non-hydrogen) atoms. The normalized spacial score (nSPS) is 16.4. The molecule has 1 aliphatic rings. The molecule has 4 rings (SSSR count). The Balaban J connectivity index is 1.70. The molecule has 0 aliphatic carbocycles. The van der Waals surface area contributed by atoms with Crippen molar-refractivity contribution >= 4 is 17.5 Å². The molecule has 2 aromatic carbocycles. The second kappa shape index (κ2) is 10.6. The van der Waals surface area contributed by atoms with E-state index in [1.54, 1.807) is 17.3 Å². The van der Waals surface area contributed by atoms with Crippen molar-refractivity contribution in [2.75, 3.05) is 19.8 Å². The van der Waals surface area contributed by atoms with Crippen LogP contribution in [0.1, 0.15) is 49.9 Å². The third-order valence-corrected chi connectivity index (χ3v) is 5.43. The average molecular weight is 458 g/mol. The highest BCUT2D eigenvalue weighted by Gasteiger charge is 2.31. The molecule has 176 valence electrons. The number of aliphatic imine (C=N–C) groups is 1. The van der Waals surface area contributed by atoms with Crippen LogP contribution in [0.5, 0.6) is 0 Å². The molecule has 1 fully saturated rings. The van der Waals surface area contributed by atoms with Crippen molar-refractivity contribution in [3.8, 4) is 0 Å². The number of benzene rings is 2. The van der Waals surface area contributed by atoms with Crippen LogP contribution in [-0.2, 0) is 9.47 Å². The Bertz CT molecular complexity index is 1080. The molecule has 1 aliphatic heterocycles. The second-order valence-electron chi connectivity index (χ2n) is 9.29. The molecule has 1 aromatic heterocycles. The predicted octanol–water partition coefficient (Wildman–Crippen LogP) is 5.95. The van der Waals surface area contributed by atoms with Crippen LogP contribution in [0.4, 0.5) is 10.5 Å².